The number of benzene rings is 2. The Morgan fingerprint density at radius 2 is 1.73 bits per heavy atom. The topological polar surface area (TPSA) is 72.6 Å². The maximum Gasteiger partial charge on any atom is 0.243 e. The molecule has 142 valence electrons. The van der Waals surface area contributed by atoms with E-state index in [4.69, 9.17) is 10.5 Å². The Labute approximate surface area is 161 Å². The van der Waals surface area contributed by atoms with Crippen LogP contribution in [-0.2, 0) is 21.4 Å². The second-order valence-electron chi connectivity index (χ2n) is 6.38. The van der Waals surface area contributed by atoms with Crippen LogP contribution in [0.25, 0.3) is 0 Å². The number of methoxy groups -OCH3 is 1. The molecule has 0 amide bonds. The molecule has 1 aliphatic heterocycles. The number of hydrogen-bond acceptors (Lipinski definition) is 4. The molecular formula is C19H25ClN2O3S. The molecule has 0 radical (unpaired) electrons. The number of ether oxygens (including phenoxy) is 1. The average molecular weight is 397 g/mol. The highest BCUT2D eigenvalue weighted by Gasteiger charge is 2.39. The summed E-state index contributed by atoms with van der Waals surface area (Å²) in [5.74, 6) is 0.238. The van der Waals surface area contributed by atoms with Gasteiger partial charge in [-0.15, -0.1) is 12.4 Å². The molecule has 1 fully saturated rings. The Morgan fingerprint density at radius 1 is 1.08 bits per heavy atom. The van der Waals surface area contributed by atoms with E-state index < -0.39 is 10.0 Å². The molecule has 3 rings (SSSR count). The average Bonchev–Trinajstić information content (AvgIpc) is 3.08. The van der Waals surface area contributed by atoms with Gasteiger partial charge in [-0.25, -0.2) is 8.42 Å². The summed E-state index contributed by atoms with van der Waals surface area (Å²) in [5.41, 5.74) is 7.76. The van der Waals surface area contributed by atoms with Crippen molar-refractivity contribution >= 4 is 22.4 Å². The fraction of sp³-hybridized carbons (Fsp3) is 0.368. The Bertz CT molecular complexity index is 815. The molecule has 7 heteroatoms. The lowest BCUT2D eigenvalue weighted by Gasteiger charge is -2.19. The summed E-state index contributed by atoms with van der Waals surface area (Å²) in [6, 6.07) is 17.0. The van der Waals surface area contributed by atoms with Crippen molar-refractivity contribution in [3.05, 3.63) is 65.7 Å². The molecule has 26 heavy (non-hydrogen) atoms. The van der Waals surface area contributed by atoms with E-state index in [1.807, 2.05) is 36.4 Å². The molecule has 0 spiro atoms. The molecule has 2 aromatic rings. The van der Waals surface area contributed by atoms with Crippen molar-refractivity contribution in [2.45, 2.75) is 17.4 Å². The van der Waals surface area contributed by atoms with Crippen molar-refractivity contribution in [1.82, 2.24) is 4.31 Å². The zero-order valence-corrected chi connectivity index (χ0v) is 16.4. The van der Waals surface area contributed by atoms with Crippen LogP contribution < -0.4 is 5.73 Å². The second-order valence-corrected chi connectivity index (χ2v) is 8.28. The molecule has 5 nitrogen and oxygen atoms in total. The molecule has 0 aromatic heterocycles. The summed E-state index contributed by atoms with van der Waals surface area (Å²) in [4.78, 5) is 0.321. The number of nitrogens with two attached hydrogens (primary N) is 1. The minimum Gasteiger partial charge on any atom is -0.380 e. The molecule has 2 atom stereocenters. The van der Waals surface area contributed by atoms with Gasteiger partial charge >= 0.3 is 0 Å². The van der Waals surface area contributed by atoms with Crippen molar-refractivity contribution in [2.75, 3.05) is 26.7 Å². The molecule has 0 unspecified atom stereocenters. The van der Waals surface area contributed by atoms with Gasteiger partial charge in [0.05, 0.1) is 11.5 Å². The van der Waals surface area contributed by atoms with Gasteiger partial charge < -0.3 is 10.5 Å². The Balaban J connectivity index is 0.00000243. The van der Waals surface area contributed by atoms with Crippen LogP contribution in [0, 0.1) is 5.92 Å². The summed E-state index contributed by atoms with van der Waals surface area (Å²) >= 11 is 0. The van der Waals surface area contributed by atoms with E-state index in [1.54, 1.807) is 29.6 Å². The molecule has 0 bridgehead atoms. The van der Waals surface area contributed by atoms with Gasteiger partial charge in [-0.05, 0) is 29.7 Å². The highest BCUT2D eigenvalue weighted by Crippen LogP contribution is 2.35. The summed E-state index contributed by atoms with van der Waals surface area (Å²) < 4.78 is 33.1. The normalized spacial score (nSPS) is 20.7. The van der Waals surface area contributed by atoms with E-state index in [0.29, 0.717) is 30.1 Å². The second kappa shape index (κ2) is 8.97. The monoisotopic (exact) mass is 396 g/mol. The third-order valence-corrected chi connectivity index (χ3v) is 6.76. The Kier molecular flexibility index (Phi) is 7.20. The van der Waals surface area contributed by atoms with Crippen LogP contribution in [0.2, 0.25) is 0 Å². The van der Waals surface area contributed by atoms with E-state index >= 15 is 0 Å². The van der Waals surface area contributed by atoms with Crippen molar-refractivity contribution in [3.8, 4) is 0 Å². The number of sulfonamides is 1. The lowest BCUT2D eigenvalue weighted by molar-refractivity contribution is 0.182. The van der Waals surface area contributed by atoms with Crippen molar-refractivity contribution in [2.24, 2.45) is 11.7 Å². The molecule has 0 aliphatic carbocycles. The van der Waals surface area contributed by atoms with Crippen molar-refractivity contribution in [3.63, 3.8) is 0 Å². The van der Waals surface area contributed by atoms with Crippen LogP contribution in [0.15, 0.2) is 59.5 Å². The largest absolute Gasteiger partial charge is 0.380 e. The fourth-order valence-electron chi connectivity index (χ4n) is 3.51. The summed E-state index contributed by atoms with van der Waals surface area (Å²) in [6.45, 7) is 1.63. The third kappa shape index (κ3) is 4.10. The first-order chi connectivity index (χ1) is 12.1. The van der Waals surface area contributed by atoms with E-state index in [1.165, 1.54) is 0 Å². The maximum atomic E-state index is 13.2. The molecule has 1 saturated heterocycles. The van der Waals surface area contributed by atoms with Gasteiger partial charge in [0, 0.05) is 26.1 Å². The first-order valence-electron chi connectivity index (χ1n) is 8.40. The standard InChI is InChI=1S/C19H24N2O3S.ClH/c1-24-14-16-9-5-6-10-19(16)25(22,23)21-12-17(11-20)18(13-21)15-7-3-2-4-8-15;/h2-10,17-18H,11-14,20H2,1H3;1H/t17-,18+;/m1./s1. The first-order valence-corrected chi connectivity index (χ1v) is 9.84. The molecule has 2 N–H and O–H groups in total. The Morgan fingerprint density at radius 3 is 2.38 bits per heavy atom. The van der Waals surface area contributed by atoms with Crippen molar-refractivity contribution in [1.29, 1.82) is 0 Å². The van der Waals surface area contributed by atoms with Crippen LogP contribution in [-0.4, -0.2) is 39.5 Å². The quantitative estimate of drug-likeness (QED) is 0.814. The van der Waals surface area contributed by atoms with Gasteiger partial charge in [0.15, 0.2) is 0 Å². The van der Waals surface area contributed by atoms with E-state index in [2.05, 4.69) is 0 Å². The highest BCUT2D eigenvalue weighted by molar-refractivity contribution is 7.89. The first kappa shape index (κ1) is 20.9. The summed E-state index contributed by atoms with van der Waals surface area (Å²) in [5, 5.41) is 0. The fourth-order valence-corrected chi connectivity index (χ4v) is 5.25. The van der Waals surface area contributed by atoms with E-state index in [9.17, 15) is 8.42 Å². The predicted octanol–water partition coefficient (Wildman–Crippen LogP) is 2.62. The zero-order valence-electron chi connectivity index (χ0n) is 14.7. The highest BCUT2D eigenvalue weighted by atomic mass is 35.5. The van der Waals surface area contributed by atoms with Gasteiger partial charge in [-0.2, -0.15) is 4.31 Å². The Hall–Kier alpha value is -1.44. The molecular weight excluding hydrogens is 372 g/mol. The molecule has 1 heterocycles. The van der Waals surface area contributed by atoms with Crippen molar-refractivity contribution < 1.29 is 13.2 Å². The van der Waals surface area contributed by atoms with Crippen LogP contribution >= 0.6 is 12.4 Å². The minimum absolute atomic E-state index is 0. The van der Waals surface area contributed by atoms with Gasteiger partial charge in [-0.1, -0.05) is 48.5 Å². The maximum absolute atomic E-state index is 13.2. The van der Waals surface area contributed by atoms with Gasteiger partial charge in [0.25, 0.3) is 0 Å². The SMILES string of the molecule is COCc1ccccc1S(=O)(=O)N1C[C@@H](CN)[C@H](c2ccccc2)C1.Cl. The van der Waals surface area contributed by atoms with Crippen LogP contribution in [0.3, 0.4) is 0 Å². The minimum atomic E-state index is -3.58. The molecule has 2 aromatic carbocycles. The number of nitrogens with zero attached hydrogens (tertiary/aromatic N) is 1. The number of hydrogen-bond donors (Lipinski definition) is 1. The molecule has 1 aliphatic rings. The molecule has 0 saturated carbocycles. The smallest absolute Gasteiger partial charge is 0.243 e. The van der Waals surface area contributed by atoms with Gasteiger partial charge in [-0.3, -0.25) is 0 Å². The van der Waals surface area contributed by atoms with Gasteiger partial charge in [0.2, 0.25) is 10.0 Å². The lowest BCUT2D eigenvalue weighted by Crippen LogP contribution is -2.30. The third-order valence-electron chi connectivity index (χ3n) is 4.83. The summed E-state index contributed by atoms with van der Waals surface area (Å²) in [7, 11) is -2.01. The summed E-state index contributed by atoms with van der Waals surface area (Å²) in [6.07, 6.45) is 0. The number of rotatable bonds is 6. The van der Waals surface area contributed by atoms with Gasteiger partial charge in [0.1, 0.15) is 0 Å². The lowest BCUT2D eigenvalue weighted by atomic mass is 9.89. The van der Waals surface area contributed by atoms with Crippen LogP contribution in [0.1, 0.15) is 17.0 Å². The van der Waals surface area contributed by atoms with Crippen LogP contribution in [0.5, 0.6) is 0 Å². The zero-order chi connectivity index (χ0) is 17.9. The number of halogens is 1. The van der Waals surface area contributed by atoms with Crippen LogP contribution in [0.4, 0.5) is 0 Å². The predicted molar refractivity (Wildman–Crippen MR) is 105 cm³/mol. The van der Waals surface area contributed by atoms with E-state index in [0.717, 1.165) is 5.56 Å². The van der Waals surface area contributed by atoms with E-state index in [-0.39, 0.29) is 30.8 Å².